The highest BCUT2D eigenvalue weighted by molar-refractivity contribution is 5.97. The van der Waals surface area contributed by atoms with E-state index in [1.807, 2.05) is 0 Å². The van der Waals surface area contributed by atoms with Crippen molar-refractivity contribution in [3.8, 4) is 0 Å². The Kier molecular flexibility index (Phi) is 7.10. The number of nitrogens with one attached hydrogen (secondary N) is 3. The molecular weight excluding hydrogens is 274 g/mol. The average Bonchev–Trinajstić information content (AvgIpc) is 2.45. The molecule has 0 radical (unpaired) electrons. The number of primary amides is 1. The quantitative estimate of drug-likeness (QED) is 0.489. The third-order valence-electron chi connectivity index (χ3n) is 3.57. The summed E-state index contributed by atoms with van der Waals surface area (Å²) in [7, 11) is 0. The first-order chi connectivity index (χ1) is 9.95. The molecule has 1 saturated heterocycles. The summed E-state index contributed by atoms with van der Waals surface area (Å²) in [6.07, 6.45) is 1.68. The smallest absolute Gasteiger partial charge is 0.321 e. The lowest BCUT2D eigenvalue weighted by atomic mass is 10.0. The van der Waals surface area contributed by atoms with Gasteiger partial charge in [-0.1, -0.05) is 0 Å². The van der Waals surface area contributed by atoms with Crippen LogP contribution in [0.1, 0.15) is 26.7 Å². The van der Waals surface area contributed by atoms with E-state index in [2.05, 4.69) is 16.0 Å². The molecule has 8 nitrogen and oxygen atoms in total. The second kappa shape index (κ2) is 8.58. The summed E-state index contributed by atoms with van der Waals surface area (Å²) in [5.41, 5.74) is 5.28. The van der Waals surface area contributed by atoms with Gasteiger partial charge in [0, 0.05) is 12.6 Å². The maximum atomic E-state index is 12.1. The molecular formula is C13H25N5O3. The van der Waals surface area contributed by atoms with Crippen molar-refractivity contribution in [3.05, 3.63) is 0 Å². The zero-order valence-electron chi connectivity index (χ0n) is 12.6. The molecule has 0 spiro atoms. The lowest BCUT2D eigenvalue weighted by molar-refractivity contribution is -0.128. The van der Waals surface area contributed by atoms with Crippen molar-refractivity contribution >= 4 is 17.8 Å². The molecule has 5 N–H and O–H groups in total. The molecule has 0 aromatic heterocycles. The first-order valence-electron chi connectivity index (χ1n) is 7.29. The van der Waals surface area contributed by atoms with E-state index >= 15 is 0 Å². The first kappa shape index (κ1) is 17.4. The Morgan fingerprint density at radius 2 is 1.95 bits per heavy atom. The number of carbonyl (C=O) groups is 3. The molecule has 1 unspecified atom stereocenters. The molecule has 0 saturated carbocycles. The van der Waals surface area contributed by atoms with E-state index < -0.39 is 23.9 Å². The van der Waals surface area contributed by atoms with Gasteiger partial charge in [-0.15, -0.1) is 0 Å². The Bertz CT molecular complexity index is 382. The van der Waals surface area contributed by atoms with Crippen LogP contribution in [0.25, 0.3) is 0 Å². The molecule has 1 fully saturated rings. The molecule has 21 heavy (non-hydrogen) atoms. The second-order valence-electron chi connectivity index (χ2n) is 5.14. The topological polar surface area (TPSA) is 117 Å². The fourth-order valence-electron chi connectivity index (χ4n) is 2.47. The van der Waals surface area contributed by atoms with Crippen LogP contribution in [0.15, 0.2) is 0 Å². The molecule has 0 aromatic rings. The van der Waals surface area contributed by atoms with E-state index in [9.17, 15) is 14.4 Å². The standard InChI is InChI=1S/C13H25N5O3/c1-3-16-13(21)17-12(20)9(2)18(8-11(14)19)10-4-6-15-7-5-10/h9-10,15H,3-8H2,1-2H3,(H2,14,19)(H2,16,17,20,21). The van der Waals surface area contributed by atoms with Crippen molar-refractivity contribution < 1.29 is 14.4 Å². The van der Waals surface area contributed by atoms with Gasteiger partial charge in [-0.05, 0) is 39.8 Å². The lowest BCUT2D eigenvalue weighted by Gasteiger charge is -2.37. The minimum Gasteiger partial charge on any atom is -0.369 e. The van der Waals surface area contributed by atoms with Gasteiger partial charge in [0.2, 0.25) is 11.8 Å². The molecule has 1 aliphatic heterocycles. The molecule has 1 atom stereocenters. The van der Waals surface area contributed by atoms with Crippen LogP contribution >= 0.6 is 0 Å². The fourth-order valence-corrected chi connectivity index (χ4v) is 2.47. The lowest BCUT2D eigenvalue weighted by Crippen LogP contribution is -2.56. The number of urea groups is 1. The number of hydrogen-bond donors (Lipinski definition) is 4. The molecule has 0 aliphatic carbocycles. The summed E-state index contributed by atoms with van der Waals surface area (Å²) in [6.45, 7) is 5.57. The van der Waals surface area contributed by atoms with Gasteiger partial charge in [0.25, 0.3) is 0 Å². The number of rotatable bonds is 6. The number of piperidine rings is 1. The third-order valence-corrected chi connectivity index (χ3v) is 3.57. The van der Waals surface area contributed by atoms with Crippen LogP contribution in [0.2, 0.25) is 0 Å². The van der Waals surface area contributed by atoms with E-state index in [1.165, 1.54) is 0 Å². The van der Waals surface area contributed by atoms with Crippen molar-refractivity contribution in [3.63, 3.8) is 0 Å². The second-order valence-corrected chi connectivity index (χ2v) is 5.14. The maximum Gasteiger partial charge on any atom is 0.321 e. The SMILES string of the molecule is CCNC(=O)NC(=O)C(C)N(CC(N)=O)C1CCNCC1. The highest BCUT2D eigenvalue weighted by atomic mass is 16.2. The number of imide groups is 1. The largest absolute Gasteiger partial charge is 0.369 e. The average molecular weight is 299 g/mol. The summed E-state index contributed by atoms with van der Waals surface area (Å²) >= 11 is 0. The van der Waals surface area contributed by atoms with Gasteiger partial charge in [-0.2, -0.15) is 0 Å². The van der Waals surface area contributed by atoms with Crippen molar-refractivity contribution in [1.82, 2.24) is 20.9 Å². The van der Waals surface area contributed by atoms with Crippen LogP contribution in [0.3, 0.4) is 0 Å². The summed E-state index contributed by atoms with van der Waals surface area (Å²) in [4.78, 5) is 36.6. The molecule has 1 aliphatic rings. The van der Waals surface area contributed by atoms with Crippen molar-refractivity contribution in [2.24, 2.45) is 5.73 Å². The predicted molar refractivity (Wildman–Crippen MR) is 78.5 cm³/mol. The molecule has 8 heteroatoms. The minimum absolute atomic E-state index is 0.00858. The number of nitrogens with two attached hydrogens (primary N) is 1. The summed E-state index contributed by atoms with van der Waals surface area (Å²) in [5.74, 6) is -0.910. The Hall–Kier alpha value is -1.67. The van der Waals surface area contributed by atoms with Crippen molar-refractivity contribution in [1.29, 1.82) is 0 Å². The van der Waals surface area contributed by atoms with Gasteiger partial charge in [0.05, 0.1) is 12.6 Å². The third kappa shape index (κ3) is 5.68. The Balaban J connectivity index is 2.69. The van der Waals surface area contributed by atoms with E-state index in [0.717, 1.165) is 25.9 Å². The highest BCUT2D eigenvalue weighted by Crippen LogP contribution is 2.15. The predicted octanol–water partition coefficient (Wildman–Crippen LogP) is -1.24. The molecule has 4 amide bonds. The van der Waals surface area contributed by atoms with E-state index in [4.69, 9.17) is 5.73 Å². The summed E-state index contributed by atoms with van der Waals surface area (Å²) in [6, 6.07) is -1.02. The zero-order chi connectivity index (χ0) is 15.8. The Morgan fingerprint density at radius 1 is 1.33 bits per heavy atom. The maximum absolute atomic E-state index is 12.1. The van der Waals surface area contributed by atoms with Crippen LogP contribution in [0, 0.1) is 0 Å². The van der Waals surface area contributed by atoms with E-state index in [0.29, 0.717) is 6.54 Å². The van der Waals surface area contributed by atoms with Crippen LogP contribution < -0.4 is 21.7 Å². The summed E-state index contributed by atoms with van der Waals surface area (Å²) in [5, 5.41) is 8.01. The zero-order valence-corrected chi connectivity index (χ0v) is 12.6. The minimum atomic E-state index is -0.594. The van der Waals surface area contributed by atoms with Gasteiger partial charge in [0.15, 0.2) is 0 Å². The Labute approximate surface area is 124 Å². The van der Waals surface area contributed by atoms with Crippen LogP contribution in [0.5, 0.6) is 0 Å². The number of carbonyl (C=O) groups excluding carboxylic acids is 3. The van der Waals surface area contributed by atoms with Crippen molar-refractivity contribution in [2.75, 3.05) is 26.2 Å². The highest BCUT2D eigenvalue weighted by Gasteiger charge is 2.30. The van der Waals surface area contributed by atoms with E-state index in [-0.39, 0.29) is 12.6 Å². The molecule has 0 aromatic carbocycles. The van der Waals surface area contributed by atoms with Gasteiger partial charge in [0.1, 0.15) is 0 Å². The Morgan fingerprint density at radius 3 is 2.48 bits per heavy atom. The van der Waals surface area contributed by atoms with Gasteiger partial charge in [-0.25, -0.2) is 4.79 Å². The van der Waals surface area contributed by atoms with Gasteiger partial charge in [-0.3, -0.25) is 19.8 Å². The number of hydrogen-bond acceptors (Lipinski definition) is 5. The monoisotopic (exact) mass is 299 g/mol. The normalized spacial score (nSPS) is 17.3. The number of amides is 4. The van der Waals surface area contributed by atoms with Crippen LogP contribution in [-0.4, -0.2) is 61.0 Å². The van der Waals surface area contributed by atoms with Gasteiger partial charge < -0.3 is 16.4 Å². The molecule has 1 heterocycles. The van der Waals surface area contributed by atoms with E-state index in [1.54, 1.807) is 18.7 Å². The number of nitrogens with zero attached hydrogens (tertiary/aromatic N) is 1. The van der Waals surface area contributed by atoms with Crippen molar-refractivity contribution in [2.45, 2.75) is 38.8 Å². The van der Waals surface area contributed by atoms with Crippen LogP contribution in [-0.2, 0) is 9.59 Å². The van der Waals surface area contributed by atoms with Gasteiger partial charge >= 0.3 is 6.03 Å². The molecule has 0 bridgehead atoms. The van der Waals surface area contributed by atoms with Crippen LogP contribution in [0.4, 0.5) is 4.79 Å². The summed E-state index contributed by atoms with van der Waals surface area (Å²) < 4.78 is 0. The first-order valence-corrected chi connectivity index (χ1v) is 7.29. The fraction of sp³-hybridized carbons (Fsp3) is 0.769. The molecule has 120 valence electrons. The molecule has 1 rings (SSSR count).